The Balaban J connectivity index is 2.19. The molecule has 0 radical (unpaired) electrons. The van der Waals surface area contributed by atoms with Crippen LogP contribution < -0.4 is 10.0 Å². The highest BCUT2D eigenvalue weighted by Crippen LogP contribution is 2.30. The zero-order chi connectivity index (χ0) is 22.0. The number of halogens is 3. The molecule has 0 aromatic heterocycles. The van der Waals surface area contributed by atoms with Gasteiger partial charge in [0.15, 0.2) is 0 Å². The number of sulfonamides is 1. The molecule has 1 aliphatic heterocycles. The van der Waals surface area contributed by atoms with Gasteiger partial charge in [-0.2, -0.15) is 13.2 Å². The molecule has 1 heterocycles. The smallest absolute Gasteiger partial charge is 0.416 e. The number of rotatable bonds is 5. The second kappa shape index (κ2) is 8.19. The summed E-state index contributed by atoms with van der Waals surface area (Å²) in [5.41, 5.74) is -1.90. The van der Waals surface area contributed by atoms with Gasteiger partial charge in [0, 0.05) is 19.0 Å². The fraction of sp³-hybridized carbons (Fsp3) is 0.529. The standard InChI is InChI=1S/C17H22F3N3O5S/c1-16(2,3)28-15(25)23-9-12(8-14(23)21-10-24)22-29(26,27)13-6-4-5-11(7-13)17(18,19)20/h4-7,10,12,14,22H,8-9H2,1-3H3,(H,21,24)/t12-,14+/m1/s1. The Morgan fingerprint density at radius 2 is 1.93 bits per heavy atom. The molecule has 1 fully saturated rings. The maximum absolute atomic E-state index is 12.9. The Hall–Kier alpha value is -2.34. The van der Waals surface area contributed by atoms with E-state index in [1.54, 1.807) is 20.8 Å². The number of nitrogens with one attached hydrogen (secondary N) is 2. The Kier molecular flexibility index (Phi) is 6.48. The van der Waals surface area contributed by atoms with Gasteiger partial charge in [-0.3, -0.25) is 9.69 Å². The molecule has 0 aliphatic carbocycles. The van der Waals surface area contributed by atoms with E-state index < -0.39 is 50.6 Å². The van der Waals surface area contributed by atoms with Gasteiger partial charge in [0.05, 0.1) is 10.5 Å². The first-order chi connectivity index (χ1) is 13.2. The van der Waals surface area contributed by atoms with Gasteiger partial charge in [-0.15, -0.1) is 0 Å². The zero-order valence-corrected chi connectivity index (χ0v) is 16.8. The maximum atomic E-state index is 12.9. The molecule has 1 aliphatic rings. The molecule has 2 rings (SSSR count). The molecule has 0 unspecified atom stereocenters. The molecule has 12 heteroatoms. The van der Waals surface area contributed by atoms with Gasteiger partial charge < -0.3 is 10.1 Å². The fourth-order valence-corrected chi connectivity index (χ4v) is 4.09. The van der Waals surface area contributed by atoms with E-state index in [1.807, 2.05) is 0 Å². The van der Waals surface area contributed by atoms with E-state index in [-0.39, 0.29) is 13.0 Å². The highest BCUT2D eigenvalue weighted by molar-refractivity contribution is 7.89. The molecule has 1 saturated heterocycles. The van der Waals surface area contributed by atoms with Crippen LogP contribution in [0.2, 0.25) is 0 Å². The van der Waals surface area contributed by atoms with E-state index in [0.717, 1.165) is 23.1 Å². The van der Waals surface area contributed by atoms with Crippen LogP contribution in [0.5, 0.6) is 0 Å². The van der Waals surface area contributed by atoms with Gasteiger partial charge in [-0.1, -0.05) is 6.07 Å². The van der Waals surface area contributed by atoms with Crippen molar-refractivity contribution in [2.75, 3.05) is 6.54 Å². The number of ether oxygens (including phenoxy) is 1. The van der Waals surface area contributed by atoms with Gasteiger partial charge in [-0.25, -0.2) is 17.9 Å². The summed E-state index contributed by atoms with van der Waals surface area (Å²) in [6, 6.07) is 2.50. The normalized spacial score (nSPS) is 20.4. The van der Waals surface area contributed by atoms with E-state index in [9.17, 15) is 31.2 Å². The number of carbonyl (C=O) groups is 2. The number of benzene rings is 1. The van der Waals surface area contributed by atoms with Crippen molar-refractivity contribution in [2.45, 2.75) is 56.1 Å². The molecule has 162 valence electrons. The summed E-state index contributed by atoms with van der Waals surface area (Å²) in [5.74, 6) is 0. The van der Waals surface area contributed by atoms with Gasteiger partial charge in [0.1, 0.15) is 11.8 Å². The highest BCUT2D eigenvalue weighted by atomic mass is 32.2. The Labute approximate surface area is 166 Å². The van der Waals surface area contributed by atoms with Gasteiger partial charge >= 0.3 is 12.3 Å². The Morgan fingerprint density at radius 3 is 2.48 bits per heavy atom. The molecule has 1 aromatic rings. The van der Waals surface area contributed by atoms with Crippen LogP contribution in [0, 0.1) is 0 Å². The Bertz CT molecular complexity index is 868. The molecule has 2 amide bonds. The summed E-state index contributed by atoms with van der Waals surface area (Å²) in [6.07, 6.45) is -5.87. The number of hydrogen-bond acceptors (Lipinski definition) is 5. The number of alkyl halides is 3. The largest absolute Gasteiger partial charge is 0.444 e. The summed E-state index contributed by atoms with van der Waals surface area (Å²) in [6.45, 7) is 4.82. The van der Waals surface area contributed by atoms with Gasteiger partial charge in [-0.05, 0) is 39.0 Å². The number of hydrogen-bond donors (Lipinski definition) is 2. The van der Waals surface area contributed by atoms with Crippen molar-refractivity contribution in [3.63, 3.8) is 0 Å². The van der Waals surface area contributed by atoms with Gasteiger partial charge in [0.2, 0.25) is 16.4 Å². The highest BCUT2D eigenvalue weighted by Gasteiger charge is 2.39. The first kappa shape index (κ1) is 22.9. The molecule has 0 spiro atoms. The number of nitrogens with zero attached hydrogens (tertiary/aromatic N) is 1. The van der Waals surface area contributed by atoms with Crippen molar-refractivity contribution >= 4 is 22.5 Å². The molecule has 1 aromatic carbocycles. The molecule has 0 saturated carbocycles. The summed E-state index contributed by atoms with van der Waals surface area (Å²) in [7, 11) is -4.29. The summed E-state index contributed by atoms with van der Waals surface area (Å²) in [4.78, 5) is 23.8. The van der Waals surface area contributed by atoms with Crippen LogP contribution in [0.3, 0.4) is 0 Å². The number of likely N-dealkylation sites (tertiary alicyclic amines) is 1. The van der Waals surface area contributed by atoms with Crippen molar-refractivity contribution in [2.24, 2.45) is 0 Å². The van der Waals surface area contributed by atoms with Crippen LogP contribution in [0.15, 0.2) is 29.2 Å². The van der Waals surface area contributed by atoms with Crippen LogP contribution in [-0.4, -0.2) is 50.2 Å². The minimum atomic E-state index is -4.69. The number of amides is 2. The second-order valence-electron chi connectivity index (χ2n) is 7.51. The monoisotopic (exact) mass is 437 g/mol. The lowest BCUT2D eigenvalue weighted by Crippen LogP contribution is -2.46. The third-order valence-corrected chi connectivity index (χ3v) is 5.50. The summed E-state index contributed by atoms with van der Waals surface area (Å²) in [5, 5.41) is 2.41. The topological polar surface area (TPSA) is 105 Å². The predicted octanol–water partition coefficient (Wildman–Crippen LogP) is 2.07. The van der Waals surface area contributed by atoms with Crippen molar-refractivity contribution in [3.8, 4) is 0 Å². The fourth-order valence-electron chi connectivity index (χ4n) is 2.81. The first-order valence-electron chi connectivity index (χ1n) is 8.62. The van der Waals surface area contributed by atoms with Crippen molar-refractivity contribution in [3.05, 3.63) is 29.8 Å². The Morgan fingerprint density at radius 1 is 1.28 bits per heavy atom. The molecule has 29 heavy (non-hydrogen) atoms. The lowest BCUT2D eigenvalue weighted by Gasteiger charge is -2.28. The average molecular weight is 437 g/mol. The molecule has 2 N–H and O–H groups in total. The predicted molar refractivity (Wildman–Crippen MR) is 96.1 cm³/mol. The van der Waals surface area contributed by atoms with Crippen LogP contribution in [0.4, 0.5) is 18.0 Å². The van der Waals surface area contributed by atoms with Crippen LogP contribution in [-0.2, 0) is 25.7 Å². The van der Waals surface area contributed by atoms with Crippen LogP contribution >= 0.6 is 0 Å². The van der Waals surface area contributed by atoms with Crippen molar-refractivity contribution in [1.82, 2.24) is 14.9 Å². The van der Waals surface area contributed by atoms with Crippen LogP contribution in [0.25, 0.3) is 0 Å². The molecule has 0 bridgehead atoms. The summed E-state index contributed by atoms with van der Waals surface area (Å²) < 4.78 is 71.2. The first-order valence-corrected chi connectivity index (χ1v) is 10.1. The quantitative estimate of drug-likeness (QED) is 0.687. The van der Waals surface area contributed by atoms with Gasteiger partial charge in [0.25, 0.3) is 0 Å². The molecular weight excluding hydrogens is 415 g/mol. The summed E-state index contributed by atoms with van der Waals surface area (Å²) >= 11 is 0. The SMILES string of the molecule is CC(C)(C)OC(=O)N1C[C@H](NS(=O)(=O)c2cccc(C(F)(F)F)c2)C[C@H]1NC=O. The zero-order valence-electron chi connectivity index (χ0n) is 16.0. The third-order valence-electron chi connectivity index (χ3n) is 3.98. The van der Waals surface area contributed by atoms with Crippen molar-refractivity contribution in [1.29, 1.82) is 0 Å². The molecule has 8 nitrogen and oxygen atoms in total. The van der Waals surface area contributed by atoms with E-state index in [1.165, 1.54) is 0 Å². The lowest BCUT2D eigenvalue weighted by atomic mass is 10.2. The maximum Gasteiger partial charge on any atom is 0.416 e. The average Bonchev–Trinajstić information content (AvgIpc) is 2.95. The minimum absolute atomic E-state index is 0.0240. The third kappa shape index (κ3) is 6.07. The lowest BCUT2D eigenvalue weighted by molar-refractivity contribution is -0.137. The van der Waals surface area contributed by atoms with E-state index in [2.05, 4.69) is 10.0 Å². The van der Waals surface area contributed by atoms with E-state index >= 15 is 0 Å². The van der Waals surface area contributed by atoms with Crippen LogP contribution in [0.1, 0.15) is 32.8 Å². The van der Waals surface area contributed by atoms with E-state index in [0.29, 0.717) is 12.5 Å². The second-order valence-corrected chi connectivity index (χ2v) is 9.23. The molecule has 2 atom stereocenters. The molecular formula is C17H22F3N3O5S. The van der Waals surface area contributed by atoms with E-state index in [4.69, 9.17) is 4.74 Å². The number of carbonyl (C=O) groups excluding carboxylic acids is 2. The minimum Gasteiger partial charge on any atom is -0.444 e. The van der Waals surface area contributed by atoms with Crippen molar-refractivity contribution < 1.29 is 35.9 Å².